The number of carbonyl (C=O) groups excluding carboxylic acids is 2. The van der Waals surface area contributed by atoms with Crippen LogP contribution in [0.1, 0.15) is 46.7 Å². The fourth-order valence-electron chi connectivity index (χ4n) is 5.12. The van der Waals surface area contributed by atoms with Crippen LogP contribution >= 0.6 is 0 Å². The first-order valence-electron chi connectivity index (χ1n) is 11.6. The van der Waals surface area contributed by atoms with E-state index in [-0.39, 0.29) is 41.8 Å². The largest absolute Gasteiger partial charge is 0.477 e. The number of amides is 2. The highest BCUT2D eigenvalue weighted by molar-refractivity contribution is 6.00. The number of anilines is 1. The second-order valence-electron chi connectivity index (χ2n) is 9.00. The Morgan fingerprint density at radius 3 is 2.37 bits per heavy atom. The van der Waals surface area contributed by atoms with E-state index in [0.29, 0.717) is 19.3 Å². The van der Waals surface area contributed by atoms with Gasteiger partial charge in [-0.05, 0) is 41.5 Å². The molecule has 9 nitrogen and oxygen atoms in total. The lowest BCUT2D eigenvalue weighted by Gasteiger charge is -2.17. The minimum Gasteiger partial charge on any atom is -0.477 e. The lowest BCUT2D eigenvalue weighted by Crippen LogP contribution is -2.35. The number of fused-ring (bicyclic) bond motifs is 3. The van der Waals surface area contributed by atoms with Crippen molar-refractivity contribution in [3.8, 4) is 11.1 Å². The maximum atomic E-state index is 12.7. The van der Waals surface area contributed by atoms with Crippen molar-refractivity contribution < 1.29 is 24.2 Å². The molecule has 0 saturated heterocycles. The first-order chi connectivity index (χ1) is 16.9. The average Bonchev–Trinajstić information content (AvgIpc) is 3.54. The van der Waals surface area contributed by atoms with Gasteiger partial charge in [-0.15, -0.1) is 0 Å². The Balaban J connectivity index is 1.16. The number of rotatable bonds is 6. The normalized spacial score (nSPS) is 18.5. The molecule has 180 valence electrons. The number of carboxylic acids is 1. The molecular formula is C26H26N4O5. The molecule has 1 saturated carbocycles. The quantitative estimate of drug-likeness (QED) is 0.500. The number of carbonyl (C=O) groups is 3. The van der Waals surface area contributed by atoms with Crippen LogP contribution in [0.4, 0.5) is 10.6 Å². The lowest BCUT2D eigenvalue weighted by atomic mass is 9.98. The number of hydrogen-bond acceptors (Lipinski definition) is 5. The van der Waals surface area contributed by atoms with Gasteiger partial charge in [0.15, 0.2) is 0 Å². The molecule has 0 radical (unpaired) electrons. The van der Waals surface area contributed by atoms with E-state index in [2.05, 4.69) is 40.0 Å². The first-order valence-corrected chi connectivity index (χ1v) is 11.6. The summed E-state index contributed by atoms with van der Waals surface area (Å²) >= 11 is 0. The predicted octanol–water partition coefficient (Wildman–Crippen LogP) is 3.76. The molecule has 1 heterocycles. The SMILES string of the molecule is Cn1ncc(C(=O)O)c1NC(=O)[C@@H]1CC[C@H](NC(=O)OCC2c3ccccc3-c3ccccc32)C1. The van der Waals surface area contributed by atoms with Crippen LogP contribution in [0.3, 0.4) is 0 Å². The van der Waals surface area contributed by atoms with Gasteiger partial charge in [-0.1, -0.05) is 48.5 Å². The Bertz CT molecular complexity index is 1250. The molecule has 0 bridgehead atoms. The third-order valence-corrected chi connectivity index (χ3v) is 6.88. The van der Waals surface area contributed by atoms with Crippen LogP contribution in [0.15, 0.2) is 54.7 Å². The summed E-state index contributed by atoms with van der Waals surface area (Å²) < 4.78 is 6.94. The standard InChI is InChI=1S/C26H26N4O5/c1-30-23(21(13-27-30)25(32)33)29-24(31)15-10-11-16(12-15)28-26(34)35-14-22-19-8-4-2-6-17(19)18-7-3-5-9-20(18)22/h2-9,13,15-16,22H,10-12,14H2,1H3,(H,28,34)(H,29,31)(H,32,33)/t15-,16+/m1/s1. The van der Waals surface area contributed by atoms with Crippen molar-refractivity contribution in [1.29, 1.82) is 0 Å². The summed E-state index contributed by atoms with van der Waals surface area (Å²) in [5, 5.41) is 18.7. The van der Waals surface area contributed by atoms with Crippen LogP contribution in [-0.4, -0.2) is 45.5 Å². The fraction of sp³-hybridized carbons (Fsp3) is 0.308. The van der Waals surface area contributed by atoms with Gasteiger partial charge in [-0.25, -0.2) is 9.59 Å². The van der Waals surface area contributed by atoms with Gasteiger partial charge >= 0.3 is 12.1 Å². The van der Waals surface area contributed by atoms with E-state index in [4.69, 9.17) is 4.74 Å². The van der Waals surface area contributed by atoms with Gasteiger partial charge in [0, 0.05) is 24.9 Å². The number of aromatic carboxylic acids is 1. The van der Waals surface area contributed by atoms with E-state index < -0.39 is 12.1 Å². The summed E-state index contributed by atoms with van der Waals surface area (Å²) in [4.78, 5) is 36.6. The van der Waals surface area contributed by atoms with Crippen molar-refractivity contribution in [2.45, 2.75) is 31.2 Å². The second-order valence-corrected chi connectivity index (χ2v) is 9.00. The van der Waals surface area contributed by atoms with Gasteiger partial charge in [0.25, 0.3) is 0 Å². The lowest BCUT2D eigenvalue weighted by molar-refractivity contribution is -0.119. The van der Waals surface area contributed by atoms with Gasteiger partial charge in [-0.3, -0.25) is 9.48 Å². The van der Waals surface area contributed by atoms with Crippen LogP contribution in [0, 0.1) is 5.92 Å². The topological polar surface area (TPSA) is 123 Å². The molecule has 0 aliphatic heterocycles. The minimum atomic E-state index is -1.16. The van der Waals surface area contributed by atoms with Gasteiger partial charge in [0.2, 0.25) is 5.91 Å². The Labute approximate surface area is 202 Å². The molecule has 2 atom stereocenters. The van der Waals surface area contributed by atoms with E-state index in [9.17, 15) is 19.5 Å². The molecule has 0 unspecified atom stereocenters. The molecule has 2 aliphatic carbocycles. The number of aryl methyl sites for hydroxylation is 1. The number of hydrogen-bond donors (Lipinski definition) is 3. The average molecular weight is 475 g/mol. The van der Waals surface area contributed by atoms with Gasteiger partial charge in [-0.2, -0.15) is 5.10 Å². The van der Waals surface area contributed by atoms with Gasteiger partial charge in [0.05, 0.1) is 6.20 Å². The zero-order chi connectivity index (χ0) is 24.5. The molecule has 5 rings (SSSR count). The molecule has 9 heteroatoms. The molecule has 0 spiro atoms. The highest BCUT2D eigenvalue weighted by Gasteiger charge is 2.33. The van der Waals surface area contributed by atoms with Gasteiger partial charge in [0.1, 0.15) is 18.0 Å². The predicted molar refractivity (Wildman–Crippen MR) is 128 cm³/mol. The van der Waals surface area contributed by atoms with Crippen LogP contribution in [0.2, 0.25) is 0 Å². The van der Waals surface area contributed by atoms with Crippen LogP contribution in [0.5, 0.6) is 0 Å². The molecule has 2 aliphatic rings. The van der Waals surface area contributed by atoms with Crippen LogP contribution in [0.25, 0.3) is 11.1 Å². The Kier molecular flexibility index (Phi) is 5.98. The van der Waals surface area contributed by atoms with Crippen molar-refractivity contribution in [2.24, 2.45) is 13.0 Å². The molecule has 1 fully saturated rings. The monoisotopic (exact) mass is 474 g/mol. The highest BCUT2D eigenvalue weighted by Crippen LogP contribution is 2.44. The van der Waals surface area contributed by atoms with Crippen molar-refractivity contribution in [3.05, 3.63) is 71.4 Å². The van der Waals surface area contributed by atoms with E-state index in [1.54, 1.807) is 7.05 Å². The molecular weight excluding hydrogens is 448 g/mol. The van der Waals surface area contributed by atoms with Crippen molar-refractivity contribution >= 4 is 23.8 Å². The smallest absolute Gasteiger partial charge is 0.407 e. The first kappa shape index (κ1) is 22.6. The number of nitrogens with one attached hydrogen (secondary N) is 2. The summed E-state index contributed by atoms with van der Waals surface area (Å²) in [7, 11) is 1.57. The number of ether oxygens (including phenoxy) is 1. The highest BCUT2D eigenvalue weighted by atomic mass is 16.5. The van der Waals surface area contributed by atoms with Crippen molar-refractivity contribution in [2.75, 3.05) is 11.9 Å². The number of carboxylic acid groups (broad SMARTS) is 1. The van der Waals surface area contributed by atoms with Crippen molar-refractivity contribution in [1.82, 2.24) is 15.1 Å². The van der Waals surface area contributed by atoms with Gasteiger partial charge < -0.3 is 20.5 Å². The van der Waals surface area contributed by atoms with E-state index in [0.717, 1.165) is 11.1 Å². The molecule has 35 heavy (non-hydrogen) atoms. The molecule has 3 N–H and O–H groups in total. The maximum absolute atomic E-state index is 12.7. The Morgan fingerprint density at radius 1 is 1.06 bits per heavy atom. The molecule has 3 aromatic rings. The maximum Gasteiger partial charge on any atom is 0.407 e. The Morgan fingerprint density at radius 2 is 1.71 bits per heavy atom. The fourth-order valence-corrected chi connectivity index (χ4v) is 5.12. The van der Waals surface area contributed by atoms with Crippen molar-refractivity contribution in [3.63, 3.8) is 0 Å². The van der Waals surface area contributed by atoms with E-state index >= 15 is 0 Å². The summed E-state index contributed by atoms with van der Waals surface area (Å²) in [6.45, 7) is 0.231. The second kappa shape index (κ2) is 9.25. The summed E-state index contributed by atoms with van der Waals surface area (Å²) in [6.07, 6.45) is 2.38. The zero-order valence-corrected chi connectivity index (χ0v) is 19.2. The minimum absolute atomic E-state index is 0.0161. The third kappa shape index (κ3) is 4.37. The Hall–Kier alpha value is -4.14. The number of aromatic nitrogens is 2. The number of alkyl carbamates (subject to hydrolysis) is 1. The number of benzene rings is 2. The molecule has 2 aromatic carbocycles. The van der Waals surface area contributed by atoms with E-state index in [1.807, 2.05) is 24.3 Å². The molecule has 1 aromatic heterocycles. The van der Waals surface area contributed by atoms with E-state index in [1.165, 1.54) is 22.0 Å². The van der Waals surface area contributed by atoms with Crippen LogP contribution in [-0.2, 0) is 16.6 Å². The summed E-state index contributed by atoms with van der Waals surface area (Å²) in [6, 6.07) is 16.1. The zero-order valence-electron chi connectivity index (χ0n) is 19.2. The summed E-state index contributed by atoms with van der Waals surface area (Å²) in [5.74, 6) is -1.65. The molecule has 2 amide bonds. The number of nitrogens with zero attached hydrogens (tertiary/aromatic N) is 2. The third-order valence-electron chi connectivity index (χ3n) is 6.88. The van der Waals surface area contributed by atoms with Crippen LogP contribution < -0.4 is 10.6 Å². The summed E-state index contributed by atoms with van der Waals surface area (Å²) in [5.41, 5.74) is 4.57.